The van der Waals surface area contributed by atoms with E-state index in [0.29, 0.717) is 31.6 Å². The molecule has 0 saturated carbocycles. The number of amides is 2. The van der Waals surface area contributed by atoms with Gasteiger partial charge in [-0.05, 0) is 42.7 Å². The van der Waals surface area contributed by atoms with Gasteiger partial charge in [0.1, 0.15) is 5.82 Å². The Bertz CT molecular complexity index is 839. The number of pyridine rings is 1. The molecule has 0 radical (unpaired) electrons. The average molecular weight is 397 g/mol. The van der Waals surface area contributed by atoms with E-state index >= 15 is 0 Å². The minimum atomic E-state index is -0.446. The van der Waals surface area contributed by atoms with Gasteiger partial charge in [0.2, 0.25) is 11.8 Å². The van der Waals surface area contributed by atoms with E-state index in [1.54, 1.807) is 18.3 Å². The fourth-order valence-electron chi connectivity index (χ4n) is 3.61. The van der Waals surface area contributed by atoms with Crippen LogP contribution in [0.5, 0.6) is 0 Å². The number of nitrogens with zero attached hydrogens (tertiary/aromatic N) is 2. The van der Waals surface area contributed by atoms with Gasteiger partial charge in [0, 0.05) is 30.6 Å². The van der Waals surface area contributed by atoms with Gasteiger partial charge in [0.25, 0.3) is 0 Å². The number of piperidine rings is 1. The number of carbonyl (C=O) groups is 2. The summed E-state index contributed by atoms with van der Waals surface area (Å²) in [6.07, 6.45) is 2.94. The highest BCUT2D eigenvalue weighted by Gasteiger charge is 2.33. The molecule has 5 nitrogen and oxygen atoms in total. The van der Waals surface area contributed by atoms with Crippen molar-refractivity contribution < 1.29 is 14.0 Å². The summed E-state index contributed by atoms with van der Waals surface area (Å²) in [7, 11) is 0. The minimum absolute atomic E-state index is 0.0622. The topological polar surface area (TPSA) is 62.3 Å². The second-order valence-electron chi connectivity index (χ2n) is 8.56. The molecule has 154 valence electrons. The number of aromatic nitrogens is 1. The molecule has 2 aromatic rings. The molecule has 29 heavy (non-hydrogen) atoms. The monoisotopic (exact) mass is 397 g/mol. The Kier molecular flexibility index (Phi) is 6.30. The first-order valence-corrected chi connectivity index (χ1v) is 10.0. The van der Waals surface area contributed by atoms with E-state index in [0.717, 1.165) is 5.56 Å². The maximum Gasteiger partial charge on any atom is 0.227 e. The molecule has 1 atom stereocenters. The molecule has 1 saturated heterocycles. The molecule has 1 aromatic heterocycles. The third-order valence-corrected chi connectivity index (χ3v) is 5.27. The lowest BCUT2D eigenvalue weighted by Crippen LogP contribution is -2.47. The van der Waals surface area contributed by atoms with Gasteiger partial charge in [0.05, 0.1) is 11.7 Å². The maximum absolute atomic E-state index is 13.4. The van der Waals surface area contributed by atoms with E-state index in [-0.39, 0.29) is 23.5 Å². The van der Waals surface area contributed by atoms with Crippen LogP contribution in [0.4, 0.5) is 4.39 Å². The number of halogens is 1. The van der Waals surface area contributed by atoms with Gasteiger partial charge >= 0.3 is 0 Å². The van der Waals surface area contributed by atoms with Gasteiger partial charge < -0.3 is 10.2 Å². The van der Waals surface area contributed by atoms with E-state index in [2.05, 4.69) is 10.3 Å². The van der Waals surface area contributed by atoms with Crippen molar-refractivity contribution in [3.63, 3.8) is 0 Å². The highest BCUT2D eigenvalue weighted by Crippen LogP contribution is 2.26. The second-order valence-corrected chi connectivity index (χ2v) is 8.56. The Morgan fingerprint density at radius 2 is 1.76 bits per heavy atom. The van der Waals surface area contributed by atoms with Gasteiger partial charge in [-0.2, -0.15) is 0 Å². The van der Waals surface area contributed by atoms with Crippen LogP contribution in [0.15, 0.2) is 48.7 Å². The molecule has 2 heterocycles. The van der Waals surface area contributed by atoms with Crippen LogP contribution in [0.25, 0.3) is 0 Å². The zero-order valence-electron chi connectivity index (χ0n) is 17.2. The predicted octanol–water partition coefficient (Wildman–Crippen LogP) is 3.71. The van der Waals surface area contributed by atoms with E-state index in [9.17, 15) is 14.0 Å². The number of carbonyl (C=O) groups excluding carboxylic acids is 2. The molecule has 1 aromatic carbocycles. The van der Waals surface area contributed by atoms with E-state index in [1.165, 1.54) is 12.1 Å². The zero-order valence-corrected chi connectivity index (χ0v) is 17.2. The predicted molar refractivity (Wildman–Crippen MR) is 109 cm³/mol. The Morgan fingerprint density at radius 1 is 1.10 bits per heavy atom. The first-order valence-electron chi connectivity index (χ1n) is 10.0. The smallest absolute Gasteiger partial charge is 0.227 e. The molecule has 3 rings (SSSR count). The van der Waals surface area contributed by atoms with Gasteiger partial charge in [-0.15, -0.1) is 0 Å². The summed E-state index contributed by atoms with van der Waals surface area (Å²) in [5.41, 5.74) is 1.06. The van der Waals surface area contributed by atoms with Crippen LogP contribution in [-0.4, -0.2) is 34.8 Å². The lowest BCUT2D eigenvalue weighted by molar-refractivity contribution is -0.142. The first kappa shape index (κ1) is 21.0. The molecule has 1 aliphatic heterocycles. The number of nitrogens with one attached hydrogen (secondary N) is 1. The van der Waals surface area contributed by atoms with Crippen molar-refractivity contribution in [3.8, 4) is 0 Å². The fourth-order valence-corrected chi connectivity index (χ4v) is 3.61. The van der Waals surface area contributed by atoms with Crippen LogP contribution < -0.4 is 5.32 Å². The SMILES string of the molecule is CC(C)(C)C(=O)N1CCC(C(=O)NC(c2ccc(F)cc2)c2ccccn2)CC1. The van der Waals surface area contributed by atoms with Crippen molar-refractivity contribution in [2.24, 2.45) is 11.3 Å². The number of benzene rings is 1. The van der Waals surface area contributed by atoms with Crippen molar-refractivity contribution in [3.05, 3.63) is 65.7 Å². The fraction of sp³-hybridized carbons (Fsp3) is 0.435. The first-order chi connectivity index (χ1) is 13.8. The summed E-state index contributed by atoms with van der Waals surface area (Å²) in [5, 5.41) is 3.09. The molecule has 0 spiro atoms. The zero-order chi connectivity index (χ0) is 21.0. The van der Waals surface area contributed by atoms with Crippen molar-refractivity contribution >= 4 is 11.8 Å². The summed E-state index contributed by atoms with van der Waals surface area (Å²) in [4.78, 5) is 31.7. The number of hydrogen-bond acceptors (Lipinski definition) is 3. The van der Waals surface area contributed by atoms with Crippen LogP contribution in [0.3, 0.4) is 0 Å². The molecule has 1 aliphatic rings. The third-order valence-electron chi connectivity index (χ3n) is 5.27. The van der Waals surface area contributed by atoms with Crippen LogP contribution in [0.1, 0.15) is 50.9 Å². The summed E-state index contributed by atoms with van der Waals surface area (Å²) in [6.45, 7) is 6.90. The quantitative estimate of drug-likeness (QED) is 0.855. The molecule has 1 N–H and O–H groups in total. The number of likely N-dealkylation sites (tertiary alicyclic amines) is 1. The van der Waals surface area contributed by atoms with E-state index in [4.69, 9.17) is 0 Å². The molecule has 1 unspecified atom stereocenters. The lowest BCUT2D eigenvalue weighted by Gasteiger charge is -2.35. The molecular weight excluding hydrogens is 369 g/mol. The normalized spacial score (nSPS) is 16.3. The number of rotatable bonds is 4. The van der Waals surface area contributed by atoms with E-state index < -0.39 is 11.5 Å². The molecule has 0 aliphatic carbocycles. The summed E-state index contributed by atoms with van der Waals surface area (Å²) in [5.74, 6) is -0.428. The maximum atomic E-state index is 13.4. The van der Waals surface area contributed by atoms with Crippen LogP contribution in [0, 0.1) is 17.2 Å². The van der Waals surface area contributed by atoms with Crippen molar-refractivity contribution in [1.82, 2.24) is 15.2 Å². The minimum Gasteiger partial charge on any atom is -0.343 e. The largest absolute Gasteiger partial charge is 0.343 e. The van der Waals surface area contributed by atoms with Crippen LogP contribution in [0.2, 0.25) is 0 Å². The third kappa shape index (κ3) is 5.19. The second kappa shape index (κ2) is 8.72. The summed E-state index contributed by atoms with van der Waals surface area (Å²) >= 11 is 0. The highest BCUT2D eigenvalue weighted by molar-refractivity contribution is 5.83. The molecule has 6 heteroatoms. The molecular formula is C23H28FN3O2. The summed E-state index contributed by atoms with van der Waals surface area (Å²) in [6, 6.07) is 11.2. The van der Waals surface area contributed by atoms with E-state index in [1.807, 2.05) is 43.9 Å². The standard InChI is InChI=1S/C23H28FN3O2/c1-23(2,3)22(29)27-14-11-17(12-15-27)21(28)26-20(19-6-4-5-13-25-19)16-7-9-18(24)10-8-16/h4-10,13,17,20H,11-12,14-15H2,1-3H3,(H,26,28). The van der Waals surface area contributed by atoms with Crippen LogP contribution in [-0.2, 0) is 9.59 Å². The van der Waals surface area contributed by atoms with Crippen LogP contribution >= 0.6 is 0 Å². The highest BCUT2D eigenvalue weighted by atomic mass is 19.1. The van der Waals surface area contributed by atoms with Gasteiger partial charge in [-0.1, -0.05) is 39.0 Å². The Morgan fingerprint density at radius 3 is 2.31 bits per heavy atom. The van der Waals surface area contributed by atoms with Gasteiger partial charge in [0.15, 0.2) is 0 Å². The summed E-state index contributed by atoms with van der Waals surface area (Å²) < 4.78 is 13.4. The Labute approximate surface area is 171 Å². The van der Waals surface area contributed by atoms with Gasteiger partial charge in [-0.25, -0.2) is 4.39 Å². The molecule has 0 bridgehead atoms. The molecule has 1 fully saturated rings. The average Bonchev–Trinajstić information content (AvgIpc) is 2.72. The van der Waals surface area contributed by atoms with Gasteiger partial charge in [-0.3, -0.25) is 14.6 Å². The van der Waals surface area contributed by atoms with Crippen molar-refractivity contribution in [2.75, 3.05) is 13.1 Å². The Hall–Kier alpha value is -2.76. The molecule has 2 amide bonds. The Balaban J connectivity index is 1.70. The van der Waals surface area contributed by atoms with Crippen molar-refractivity contribution in [1.29, 1.82) is 0 Å². The van der Waals surface area contributed by atoms with Crippen molar-refractivity contribution in [2.45, 2.75) is 39.7 Å². The lowest BCUT2D eigenvalue weighted by atomic mass is 9.90. The number of hydrogen-bond donors (Lipinski definition) is 1.